The smallest absolute Gasteiger partial charge is 0.191 e. The number of thioether (sulfide) groups is 1. The highest BCUT2D eigenvalue weighted by atomic mass is 127. The third-order valence-corrected chi connectivity index (χ3v) is 5.70. The predicted molar refractivity (Wildman–Crippen MR) is 122 cm³/mol. The Morgan fingerprint density at radius 3 is 2.69 bits per heavy atom. The quantitative estimate of drug-likeness (QED) is 0.202. The van der Waals surface area contributed by atoms with Gasteiger partial charge in [0.1, 0.15) is 5.75 Å². The molecule has 1 aromatic carbocycles. The second-order valence-corrected chi connectivity index (χ2v) is 7.70. The number of nitrogens with zero attached hydrogens (tertiary/aromatic N) is 1. The molecule has 0 aliphatic heterocycles. The van der Waals surface area contributed by atoms with E-state index in [-0.39, 0.29) is 24.0 Å². The van der Waals surface area contributed by atoms with Gasteiger partial charge in [-0.1, -0.05) is 25.1 Å². The van der Waals surface area contributed by atoms with Crippen LogP contribution in [-0.4, -0.2) is 53.9 Å². The van der Waals surface area contributed by atoms with Crippen LogP contribution in [0.1, 0.15) is 33.1 Å². The molecular weight excluding hydrogens is 461 g/mol. The van der Waals surface area contributed by atoms with E-state index in [0.29, 0.717) is 18.4 Å². The Balaban J connectivity index is 0.00000338. The van der Waals surface area contributed by atoms with Crippen LogP contribution in [0.15, 0.2) is 35.3 Å². The maximum Gasteiger partial charge on any atom is 0.191 e. The topological polar surface area (TPSA) is 65.9 Å². The van der Waals surface area contributed by atoms with Crippen molar-refractivity contribution in [2.45, 2.75) is 44.0 Å². The number of aliphatic imine (C=N–C) groups is 1. The summed E-state index contributed by atoms with van der Waals surface area (Å²) in [5.74, 6) is 2.70. The minimum absolute atomic E-state index is 0. The summed E-state index contributed by atoms with van der Waals surface area (Å²) in [7, 11) is 0. The van der Waals surface area contributed by atoms with Gasteiger partial charge in [-0.15, -0.1) is 24.0 Å². The first-order valence-corrected chi connectivity index (χ1v) is 10.3. The number of benzene rings is 1. The fraction of sp³-hybridized carbons (Fsp3) is 0.632. The van der Waals surface area contributed by atoms with E-state index < -0.39 is 5.60 Å². The van der Waals surface area contributed by atoms with E-state index in [0.717, 1.165) is 49.8 Å². The standard InChI is InChI=1S/C19H31N3O2S.HI/c1-3-20-18(22-15-19(23)12-11-17(19)25-4-2)21-13-8-14-24-16-9-6-5-7-10-16;/h5-7,9-10,17,23H,3-4,8,11-15H2,1-2H3,(H2,20,21,22);1H. The van der Waals surface area contributed by atoms with Gasteiger partial charge in [-0.2, -0.15) is 11.8 Å². The molecule has 0 aromatic heterocycles. The zero-order valence-corrected chi connectivity index (χ0v) is 18.9. The molecule has 2 unspecified atom stereocenters. The third kappa shape index (κ3) is 7.52. The van der Waals surface area contributed by atoms with Crippen molar-refractivity contribution in [2.24, 2.45) is 4.99 Å². The fourth-order valence-corrected chi connectivity index (χ4v) is 3.95. The molecular formula is C19H32IN3O2S. The van der Waals surface area contributed by atoms with Crippen LogP contribution in [0.25, 0.3) is 0 Å². The van der Waals surface area contributed by atoms with E-state index in [1.165, 1.54) is 0 Å². The van der Waals surface area contributed by atoms with Gasteiger partial charge in [0.05, 0.1) is 18.8 Å². The maximum absolute atomic E-state index is 10.7. The highest BCUT2D eigenvalue weighted by Crippen LogP contribution is 2.41. The molecule has 1 saturated carbocycles. The zero-order valence-electron chi connectivity index (χ0n) is 15.7. The molecule has 7 heteroatoms. The van der Waals surface area contributed by atoms with Crippen molar-refractivity contribution < 1.29 is 9.84 Å². The molecule has 0 saturated heterocycles. The molecule has 0 heterocycles. The molecule has 1 aliphatic rings. The SMILES string of the molecule is CCNC(=NCC1(O)CCC1SCC)NCCCOc1ccccc1.I. The van der Waals surface area contributed by atoms with Gasteiger partial charge < -0.3 is 20.5 Å². The van der Waals surface area contributed by atoms with E-state index >= 15 is 0 Å². The average molecular weight is 493 g/mol. The van der Waals surface area contributed by atoms with Gasteiger partial charge in [-0.3, -0.25) is 4.99 Å². The maximum atomic E-state index is 10.7. The van der Waals surface area contributed by atoms with Gasteiger partial charge in [0, 0.05) is 18.3 Å². The Kier molecular flexibility index (Phi) is 11.4. The van der Waals surface area contributed by atoms with Crippen molar-refractivity contribution >= 4 is 41.7 Å². The first-order chi connectivity index (χ1) is 12.2. The minimum atomic E-state index is -0.639. The summed E-state index contributed by atoms with van der Waals surface area (Å²) in [6, 6.07) is 9.84. The molecule has 1 aromatic rings. The van der Waals surface area contributed by atoms with Gasteiger partial charge in [0.25, 0.3) is 0 Å². The number of guanidine groups is 1. The van der Waals surface area contributed by atoms with Crippen LogP contribution in [0.3, 0.4) is 0 Å². The van der Waals surface area contributed by atoms with Crippen LogP contribution >= 0.6 is 35.7 Å². The Morgan fingerprint density at radius 2 is 2.08 bits per heavy atom. The number of rotatable bonds is 10. The molecule has 2 rings (SSSR count). The second-order valence-electron chi connectivity index (χ2n) is 6.22. The number of hydrogen-bond donors (Lipinski definition) is 3. The first kappa shape index (κ1) is 23.4. The summed E-state index contributed by atoms with van der Waals surface area (Å²) in [5, 5.41) is 17.5. The average Bonchev–Trinajstić information content (AvgIpc) is 2.63. The van der Waals surface area contributed by atoms with E-state index in [4.69, 9.17) is 4.74 Å². The number of para-hydroxylation sites is 1. The van der Waals surface area contributed by atoms with Gasteiger partial charge >= 0.3 is 0 Å². The lowest BCUT2D eigenvalue weighted by Gasteiger charge is -2.44. The molecule has 0 spiro atoms. The van der Waals surface area contributed by atoms with Gasteiger partial charge in [-0.05, 0) is 44.1 Å². The van der Waals surface area contributed by atoms with Crippen LogP contribution in [0, 0.1) is 0 Å². The number of aliphatic hydroxyl groups is 1. The predicted octanol–water partition coefficient (Wildman–Crippen LogP) is 3.28. The molecule has 0 bridgehead atoms. The lowest BCUT2D eigenvalue weighted by molar-refractivity contribution is -0.0154. The van der Waals surface area contributed by atoms with Crippen LogP contribution in [0.4, 0.5) is 0 Å². The molecule has 26 heavy (non-hydrogen) atoms. The molecule has 5 nitrogen and oxygen atoms in total. The summed E-state index contributed by atoms with van der Waals surface area (Å²) < 4.78 is 5.69. The fourth-order valence-electron chi connectivity index (χ4n) is 2.76. The highest BCUT2D eigenvalue weighted by Gasteiger charge is 2.45. The highest BCUT2D eigenvalue weighted by molar-refractivity contribution is 14.0. The molecule has 148 valence electrons. The third-order valence-electron chi connectivity index (χ3n) is 4.29. The molecule has 2 atom stereocenters. The summed E-state index contributed by atoms with van der Waals surface area (Å²) in [4.78, 5) is 4.59. The van der Waals surface area contributed by atoms with Crippen molar-refractivity contribution in [3.05, 3.63) is 30.3 Å². The van der Waals surface area contributed by atoms with E-state index in [9.17, 15) is 5.11 Å². The summed E-state index contributed by atoms with van der Waals surface area (Å²) in [5.41, 5.74) is -0.639. The van der Waals surface area contributed by atoms with Crippen molar-refractivity contribution in [1.82, 2.24) is 10.6 Å². The van der Waals surface area contributed by atoms with Crippen molar-refractivity contribution in [3.8, 4) is 5.75 Å². The van der Waals surface area contributed by atoms with Crippen LogP contribution < -0.4 is 15.4 Å². The lowest BCUT2D eigenvalue weighted by atomic mass is 9.79. The van der Waals surface area contributed by atoms with E-state index in [1.807, 2.05) is 49.0 Å². The zero-order chi connectivity index (χ0) is 18.0. The summed E-state index contributed by atoms with van der Waals surface area (Å²) in [6.45, 7) is 6.89. The number of nitrogens with one attached hydrogen (secondary N) is 2. The molecule has 3 N–H and O–H groups in total. The normalized spacial score (nSPS) is 22.1. The van der Waals surface area contributed by atoms with Gasteiger partial charge in [-0.25, -0.2) is 0 Å². The Morgan fingerprint density at radius 1 is 1.31 bits per heavy atom. The van der Waals surface area contributed by atoms with E-state index in [1.54, 1.807) is 0 Å². The largest absolute Gasteiger partial charge is 0.494 e. The van der Waals surface area contributed by atoms with Crippen LogP contribution in [0.2, 0.25) is 0 Å². The number of ether oxygens (including phenoxy) is 1. The van der Waals surface area contributed by atoms with Gasteiger partial charge in [0.2, 0.25) is 0 Å². The Labute approximate surface area is 178 Å². The minimum Gasteiger partial charge on any atom is -0.494 e. The van der Waals surface area contributed by atoms with Crippen molar-refractivity contribution in [2.75, 3.05) is 32.0 Å². The monoisotopic (exact) mass is 493 g/mol. The number of halogens is 1. The summed E-state index contributed by atoms with van der Waals surface area (Å²) >= 11 is 1.84. The first-order valence-electron chi connectivity index (χ1n) is 9.22. The van der Waals surface area contributed by atoms with Crippen molar-refractivity contribution in [3.63, 3.8) is 0 Å². The molecule has 0 amide bonds. The van der Waals surface area contributed by atoms with E-state index in [2.05, 4.69) is 22.5 Å². The lowest BCUT2D eigenvalue weighted by Crippen LogP contribution is -2.53. The molecule has 1 fully saturated rings. The van der Waals surface area contributed by atoms with Crippen LogP contribution in [0.5, 0.6) is 5.75 Å². The Hall–Kier alpha value is -0.670. The molecule has 1 aliphatic carbocycles. The van der Waals surface area contributed by atoms with Crippen LogP contribution in [-0.2, 0) is 0 Å². The summed E-state index contributed by atoms with van der Waals surface area (Å²) in [6.07, 6.45) is 2.82. The Bertz CT molecular complexity index is 533. The number of hydrogen-bond acceptors (Lipinski definition) is 4. The van der Waals surface area contributed by atoms with Gasteiger partial charge in [0.15, 0.2) is 5.96 Å². The molecule has 0 radical (unpaired) electrons. The second kappa shape index (κ2) is 12.7. The van der Waals surface area contributed by atoms with Crippen molar-refractivity contribution in [1.29, 1.82) is 0 Å².